The summed E-state index contributed by atoms with van der Waals surface area (Å²) in [6.45, 7) is 6.01. The van der Waals surface area contributed by atoms with E-state index in [9.17, 15) is 4.39 Å². The van der Waals surface area contributed by atoms with Crippen LogP contribution in [0.3, 0.4) is 0 Å². The number of anilines is 1. The molecule has 5 heteroatoms. The van der Waals surface area contributed by atoms with Gasteiger partial charge < -0.3 is 10.3 Å². The molecular formula is C11H13ClFN3. The van der Waals surface area contributed by atoms with E-state index in [1.54, 1.807) is 6.07 Å². The summed E-state index contributed by atoms with van der Waals surface area (Å²) in [7, 11) is 0. The first-order chi connectivity index (χ1) is 7.30. The van der Waals surface area contributed by atoms with Crippen LogP contribution in [-0.2, 0) is 5.54 Å². The molecule has 16 heavy (non-hydrogen) atoms. The van der Waals surface area contributed by atoms with Gasteiger partial charge in [-0.05, 0) is 26.8 Å². The quantitative estimate of drug-likeness (QED) is 0.770. The molecule has 0 aliphatic heterocycles. The number of hydrogen-bond donors (Lipinski definition) is 1. The molecule has 0 aliphatic carbocycles. The number of rotatable bonds is 0. The third-order valence-corrected chi connectivity index (χ3v) is 2.68. The highest BCUT2D eigenvalue weighted by atomic mass is 35.5. The van der Waals surface area contributed by atoms with Crippen molar-refractivity contribution >= 4 is 28.6 Å². The van der Waals surface area contributed by atoms with Crippen molar-refractivity contribution in [2.75, 3.05) is 5.73 Å². The zero-order chi connectivity index (χ0) is 12.1. The highest BCUT2D eigenvalue weighted by molar-refractivity contribution is 6.31. The van der Waals surface area contributed by atoms with Crippen molar-refractivity contribution in [1.82, 2.24) is 9.55 Å². The average molecular weight is 242 g/mol. The Kier molecular flexibility index (Phi) is 2.35. The van der Waals surface area contributed by atoms with Crippen molar-refractivity contribution in [3.05, 3.63) is 23.0 Å². The molecule has 0 atom stereocenters. The van der Waals surface area contributed by atoms with Crippen molar-refractivity contribution in [2.45, 2.75) is 26.3 Å². The number of fused-ring (bicyclic) bond motifs is 1. The van der Waals surface area contributed by atoms with Gasteiger partial charge in [0.25, 0.3) is 0 Å². The van der Waals surface area contributed by atoms with E-state index < -0.39 is 5.82 Å². The van der Waals surface area contributed by atoms with E-state index in [0.717, 1.165) is 5.52 Å². The van der Waals surface area contributed by atoms with Crippen LogP contribution in [0.2, 0.25) is 5.02 Å². The largest absolute Gasteiger partial charge is 0.369 e. The third kappa shape index (κ3) is 1.63. The van der Waals surface area contributed by atoms with E-state index in [1.807, 2.05) is 25.3 Å². The van der Waals surface area contributed by atoms with Crippen molar-refractivity contribution in [3.63, 3.8) is 0 Å². The predicted octanol–water partition coefficient (Wildman–Crippen LogP) is 3.17. The second kappa shape index (κ2) is 3.35. The SMILES string of the molecule is CC(C)(C)n1c(N)nc2cc(F)c(Cl)cc21. The number of hydrogen-bond acceptors (Lipinski definition) is 2. The molecule has 0 radical (unpaired) electrons. The van der Waals surface area contributed by atoms with Gasteiger partial charge in [0.15, 0.2) is 0 Å². The van der Waals surface area contributed by atoms with E-state index in [0.29, 0.717) is 11.5 Å². The molecule has 0 unspecified atom stereocenters. The molecule has 0 fully saturated rings. The van der Waals surface area contributed by atoms with Gasteiger partial charge in [-0.15, -0.1) is 0 Å². The lowest BCUT2D eigenvalue weighted by Crippen LogP contribution is -2.23. The van der Waals surface area contributed by atoms with Crippen LogP contribution in [0.4, 0.5) is 10.3 Å². The number of aromatic nitrogens is 2. The number of imidazole rings is 1. The van der Waals surface area contributed by atoms with E-state index in [4.69, 9.17) is 17.3 Å². The molecule has 0 bridgehead atoms. The fraction of sp³-hybridized carbons (Fsp3) is 0.364. The molecular weight excluding hydrogens is 229 g/mol. The van der Waals surface area contributed by atoms with Crippen molar-refractivity contribution in [3.8, 4) is 0 Å². The molecule has 2 rings (SSSR count). The zero-order valence-corrected chi connectivity index (χ0v) is 10.1. The summed E-state index contributed by atoms with van der Waals surface area (Å²) >= 11 is 5.76. The number of nitrogens with zero attached hydrogens (tertiary/aromatic N) is 2. The van der Waals surface area contributed by atoms with Crippen LogP contribution in [0.25, 0.3) is 11.0 Å². The standard InChI is InChI=1S/C11H13ClFN3/c1-11(2,3)16-9-4-6(12)7(13)5-8(9)15-10(16)14/h4-5H,1-3H3,(H2,14,15). The minimum atomic E-state index is -0.479. The summed E-state index contributed by atoms with van der Waals surface area (Å²) in [6, 6.07) is 2.86. The molecule has 0 saturated heterocycles. The predicted molar refractivity (Wildman–Crippen MR) is 64.1 cm³/mol. The van der Waals surface area contributed by atoms with Crippen LogP contribution in [0.15, 0.2) is 12.1 Å². The molecule has 1 aromatic heterocycles. The van der Waals surface area contributed by atoms with Gasteiger partial charge in [-0.3, -0.25) is 0 Å². The van der Waals surface area contributed by atoms with Gasteiger partial charge in [0.1, 0.15) is 5.82 Å². The van der Waals surface area contributed by atoms with Gasteiger partial charge in [-0.2, -0.15) is 0 Å². The Morgan fingerprint density at radius 1 is 1.38 bits per heavy atom. The van der Waals surface area contributed by atoms with E-state index in [-0.39, 0.29) is 10.6 Å². The Bertz CT molecular complexity index is 554. The van der Waals surface area contributed by atoms with Gasteiger partial charge >= 0.3 is 0 Å². The van der Waals surface area contributed by atoms with Gasteiger partial charge in [-0.1, -0.05) is 11.6 Å². The first-order valence-corrected chi connectivity index (χ1v) is 5.32. The monoisotopic (exact) mass is 241 g/mol. The van der Waals surface area contributed by atoms with Gasteiger partial charge in [-0.25, -0.2) is 9.37 Å². The Hall–Kier alpha value is -1.29. The number of nitrogen functional groups attached to an aromatic ring is 1. The van der Waals surface area contributed by atoms with Crippen LogP contribution in [0.1, 0.15) is 20.8 Å². The van der Waals surface area contributed by atoms with Gasteiger partial charge in [0.2, 0.25) is 5.95 Å². The first kappa shape index (κ1) is 11.2. The maximum atomic E-state index is 13.3. The Labute approximate surface area is 98.0 Å². The number of nitrogens with two attached hydrogens (primary N) is 1. The highest BCUT2D eigenvalue weighted by Crippen LogP contribution is 2.29. The summed E-state index contributed by atoms with van der Waals surface area (Å²) in [4.78, 5) is 4.12. The zero-order valence-electron chi connectivity index (χ0n) is 9.38. The van der Waals surface area contributed by atoms with E-state index in [2.05, 4.69) is 4.98 Å². The Balaban J connectivity index is 2.84. The molecule has 0 amide bonds. The average Bonchev–Trinajstić information content (AvgIpc) is 2.40. The summed E-state index contributed by atoms with van der Waals surface area (Å²) in [5, 5.41) is 0.0814. The number of benzene rings is 1. The van der Waals surface area contributed by atoms with E-state index in [1.165, 1.54) is 6.07 Å². The maximum absolute atomic E-state index is 13.3. The molecule has 0 spiro atoms. The second-order valence-electron chi connectivity index (χ2n) is 4.73. The molecule has 0 aliphatic rings. The summed E-state index contributed by atoms with van der Waals surface area (Å²) in [6.07, 6.45) is 0. The van der Waals surface area contributed by atoms with Crippen LogP contribution < -0.4 is 5.73 Å². The minimum Gasteiger partial charge on any atom is -0.369 e. The van der Waals surface area contributed by atoms with Crippen LogP contribution >= 0.6 is 11.6 Å². The summed E-state index contributed by atoms with van der Waals surface area (Å²) < 4.78 is 15.1. The molecule has 2 aromatic rings. The topological polar surface area (TPSA) is 43.8 Å². The van der Waals surface area contributed by atoms with Crippen LogP contribution in [0.5, 0.6) is 0 Å². The lowest BCUT2D eigenvalue weighted by atomic mass is 10.1. The number of halogens is 2. The summed E-state index contributed by atoms with van der Waals surface area (Å²) in [5.74, 6) is -0.114. The van der Waals surface area contributed by atoms with Gasteiger partial charge in [0.05, 0.1) is 16.1 Å². The molecule has 0 saturated carbocycles. The second-order valence-corrected chi connectivity index (χ2v) is 5.14. The fourth-order valence-corrected chi connectivity index (χ4v) is 1.95. The first-order valence-electron chi connectivity index (χ1n) is 4.94. The Morgan fingerprint density at radius 2 is 2.00 bits per heavy atom. The minimum absolute atomic E-state index is 0.0814. The molecule has 86 valence electrons. The van der Waals surface area contributed by atoms with Crippen LogP contribution in [-0.4, -0.2) is 9.55 Å². The van der Waals surface area contributed by atoms with Crippen molar-refractivity contribution in [1.29, 1.82) is 0 Å². The molecule has 3 nitrogen and oxygen atoms in total. The third-order valence-electron chi connectivity index (χ3n) is 2.39. The normalized spacial score (nSPS) is 12.3. The van der Waals surface area contributed by atoms with Crippen molar-refractivity contribution < 1.29 is 4.39 Å². The molecule has 1 heterocycles. The van der Waals surface area contributed by atoms with E-state index >= 15 is 0 Å². The lowest BCUT2D eigenvalue weighted by molar-refractivity contribution is 0.414. The Morgan fingerprint density at radius 3 is 2.56 bits per heavy atom. The maximum Gasteiger partial charge on any atom is 0.201 e. The smallest absolute Gasteiger partial charge is 0.201 e. The molecule has 2 N–H and O–H groups in total. The summed E-state index contributed by atoms with van der Waals surface area (Å²) in [5.41, 5.74) is 6.87. The van der Waals surface area contributed by atoms with Crippen LogP contribution in [0, 0.1) is 5.82 Å². The molecule has 1 aromatic carbocycles. The lowest BCUT2D eigenvalue weighted by Gasteiger charge is -2.23. The fourth-order valence-electron chi connectivity index (χ4n) is 1.80. The highest BCUT2D eigenvalue weighted by Gasteiger charge is 2.21. The van der Waals surface area contributed by atoms with Gasteiger partial charge in [0, 0.05) is 11.6 Å². The van der Waals surface area contributed by atoms with Crippen molar-refractivity contribution in [2.24, 2.45) is 0 Å².